The summed E-state index contributed by atoms with van der Waals surface area (Å²) in [5.41, 5.74) is 0. The van der Waals surface area contributed by atoms with Crippen LogP contribution in [0.2, 0.25) is 0 Å². The van der Waals surface area contributed by atoms with Crippen LogP contribution in [0.4, 0.5) is 0 Å². The minimum absolute atomic E-state index is 1.28. The molecule has 0 aliphatic heterocycles. The fourth-order valence-electron chi connectivity index (χ4n) is 6.69. The van der Waals surface area contributed by atoms with Crippen LogP contribution < -0.4 is 0 Å². The van der Waals surface area contributed by atoms with E-state index >= 15 is 0 Å². The topological polar surface area (TPSA) is 0 Å². The molecule has 0 amide bonds. The molecule has 0 aliphatic carbocycles. The molecule has 0 radical (unpaired) electrons. The molecule has 10 aromatic rings. The molecule has 0 atom stereocenters. The highest BCUT2D eigenvalue weighted by atomic mass is 14.2. The summed E-state index contributed by atoms with van der Waals surface area (Å²) in [6.45, 7) is 0. The molecular formula is C34H18. The van der Waals surface area contributed by atoms with Crippen molar-refractivity contribution in [2.75, 3.05) is 0 Å². The van der Waals surface area contributed by atoms with Gasteiger partial charge in [0.2, 0.25) is 0 Å². The van der Waals surface area contributed by atoms with Gasteiger partial charge in [0.15, 0.2) is 0 Å². The van der Waals surface area contributed by atoms with E-state index in [0.717, 1.165) is 0 Å². The number of fused-ring (bicyclic) bond motifs is 3. The van der Waals surface area contributed by atoms with E-state index in [1.54, 1.807) is 0 Å². The van der Waals surface area contributed by atoms with Gasteiger partial charge in [-0.05, 0) is 104 Å². The molecule has 0 fully saturated rings. The number of rotatable bonds is 0. The van der Waals surface area contributed by atoms with Gasteiger partial charge in [-0.1, -0.05) is 91.0 Å². The minimum atomic E-state index is 1.28. The standard InChI is InChI=1S/C34H18/c1-2-7-22-21(6-1)19-14-15-20-17-31-32-18-30-23(22)8-3-9-24(30)25-10-4-11-26(33(25)32)27-12-5-13-28(34(27)31)29(20)16-19/h1-18H. The zero-order valence-corrected chi connectivity index (χ0v) is 18.4. The molecule has 0 aliphatic rings. The van der Waals surface area contributed by atoms with Crippen molar-refractivity contribution in [2.24, 2.45) is 0 Å². The van der Waals surface area contributed by atoms with Crippen molar-refractivity contribution >= 4 is 86.2 Å². The van der Waals surface area contributed by atoms with Gasteiger partial charge in [-0.15, -0.1) is 0 Å². The second-order valence-corrected chi connectivity index (χ2v) is 9.69. The Hall–Kier alpha value is -4.42. The van der Waals surface area contributed by atoms with Crippen molar-refractivity contribution < 1.29 is 0 Å². The van der Waals surface area contributed by atoms with Gasteiger partial charge in [0.05, 0.1) is 0 Å². The van der Waals surface area contributed by atoms with E-state index in [1.807, 2.05) is 0 Å². The summed E-state index contributed by atoms with van der Waals surface area (Å²) >= 11 is 0. The Balaban J connectivity index is 1.83. The number of benzene rings is 8. The van der Waals surface area contributed by atoms with E-state index < -0.39 is 0 Å². The van der Waals surface area contributed by atoms with E-state index in [0.29, 0.717) is 0 Å². The Morgan fingerprint density at radius 1 is 0.235 bits per heavy atom. The Morgan fingerprint density at radius 3 is 1.35 bits per heavy atom. The van der Waals surface area contributed by atoms with Gasteiger partial charge in [-0.3, -0.25) is 0 Å². The maximum atomic E-state index is 2.47. The van der Waals surface area contributed by atoms with Crippen LogP contribution in [0.3, 0.4) is 0 Å². The first-order valence-electron chi connectivity index (χ1n) is 12.0. The largest absolute Gasteiger partial charge is 0.0616 e. The van der Waals surface area contributed by atoms with Crippen molar-refractivity contribution in [2.45, 2.75) is 0 Å². The van der Waals surface area contributed by atoms with E-state index in [-0.39, 0.29) is 0 Å². The van der Waals surface area contributed by atoms with Crippen LogP contribution in [-0.2, 0) is 0 Å². The third-order valence-electron chi connectivity index (χ3n) is 8.10. The quantitative estimate of drug-likeness (QED) is 0.167. The van der Waals surface area contributed by atoms with Gasteiger partial charge in [-0.25, -0.2) is 0 Å². The summed E-state index contributed by atoms with van der Waals surface area (Å²) in [6, 6.07) is 41.3. The molecule has 0 spiro atoms. The van der Waals surface area contributed by atoms with Crippen molar-refractivity contribution in [3.63, 3.8) is 0 Å². The summed E-state index contributed by atoms with van der Waals surface area (Å²) in [5, 5.41) is 21.4. The predicted molar refractivity (Wildman–Crippen MR) is 149 cm³/mol. The Morgan fingerprint density at radius 2 is 0.647 bits per heavy atom. The molecule has 154 valence electrons. The van der Waals surface area contributed by atoms with E-state index in [4.69, 9.17) is 0 Å². The highest BCUT2D eigenvalue weighted by Gasteiger charge is 2.17. The lowest BCUT2D eigenvalue weighted by molar-refractivity contribution is 1.79. The average molecular weight is 427 g/mol. The van der Waals surface area contributed by atoms with Crippen molar-refractivity contribution in [1.29, 1.82) is 0 Å². The first-order chi connectivity index (χ1) is 16.9. The summed E-state index contributed by atoms with van der Waals surface area (Å²) < 4.78 is 0. The van der Waals surface area contributed by atoms with Crippen LogP contribution in [0.5, 0.6) is 0 Å². The second kappa shape index (κ2) is 5.73. The zero-order chi connectivity index (χ0) is 22.0. The van der Waals surface area contributed by atoms with Gasteiger partial charge >= 0.3 is 0 Å². The van der Waals surface area contributed by atoms with E-state index in [2.05, 4.69) is 109 Å². The molecule has 0 saturated carbocycles. The molecule has 0 heteroatoms. The highest BCUT2D eigenvalue weighted by Crippen LogP contribution is 2.46. The molecule has 0 unspecified atom stereocenters. The Kier molecular flexibility index (Phi) is 2.88. The molecule has 7 bridgehead atoms. The smallest absolute Gasteiger partial charge is 0.00199 e. The fourth-order valence-corrected chi connectivity index (χ4v) is 6.69. The Bertz CT molecular complexity index is 2240. The van der Waals surface area contributed by atoms with Gasteiger partial charge < -0.3 is 0 Å². The highest BCUT2D eigenvalue weighted by molar-refractivity contribution is 6.40. The van der Waals surface area contributed by atoms with Gasteiger partial charge in [0.25, 0.3) is 0 Å². The monoisotopic (exact) mass is 426 g/mol. The first-order valence-corrected chi connectivity index (χ1v) is 12.0. The lowest BCUT2D eigenvalue weighted by Crippen LogP contribution is -1.90. The number of hydrogen-bond donors (Lipinski definition) is 0. The molecule has 0 saturated heterocycles. The van der Waals surface area contributed by atoms with Crippen LogP contribution in [0.15, 0.2) is 109 Å². The molecule has 10 aromatic carbocycles. The predicted octanol–water partition coefficient (Wildman–Crippen LogP) is 9.79. The maximum Gasteiger partial charge on any atom is -0.00199 e. The third kappa shape index (κ3) is 1.89. The lowest BCUT2D eigenvalue weighted by Gasteiger charge is -2.18. The molecule has 0 N–H and O–H groups in total. The van der Waals surface area contributed by atoms with Gasteiger partial charge in [0, 0.05) is 0 Å². The molecular weight excluding hydrogens is 408 g/mol. The van der Waals surface area contributed by atoms with Crippen LogP contribution in [-0.4, -0.2) is 0 Å². The third-order valence-corrected chi connectivity index (χ3v) is 8.10. The number of hydrogen-bond acceptors (Lipinski definition) is 0. The zero-order valence-electron chi connectivity index (χ0n) is 18.4. The second-order valence-electron chi connectivity index (χ2n) is 9.69. The molecule has 0 heterocycles. The Labute approximate surface area is 195 Å². The summed E-state index contributed by atoms with van der Waals surface area (Å²) in [5.74, 6) is 0. The van der Waals surface area contributed by atoms with E-state index in [1.165, 1.54) is 86.2 Å². The van der Waals surface area contributed by atoms with Crippen LogP contribution in [0.1, 0.15) is 0 Å². The summed E-state index contributed by atoms with van der Waals surface area (Å²) in [4.78, 5) is 0. The normalized spacial score (nSPS) is 12.7. The molecule has 0 aromatic heterocycles. The molecule has 10 rings (SSSR count). The van der Waals surface area contributed by atoms with Crippen LogP contribution in [0, 0.1) is 0 Å². The summed E-state index contributed by atoms with van der Waals surface area (Å²) in [7, 11) is 0. The van der Waals surface area contributed by atoms with Crippen LogP contribution in [0.25, 0.3) is 86.2 Å². The van der Waals surface area contributed by atoms with Crippen molar-refractivity contribution in [1.82, 2.24) is 0 Å². The van der Waals surface area contributed by atoms with Gasteiger partial charge in [0.1, 0.15) is 0 Å². The van der Waals surface area contributed by atoms with Gasteiger partial charge in [-0.2, -0.15) is 0 Å². The summed E-state index contributed by atoms with van der Waals surface area (Å²) in [6.07, 6.45) is 0. The first kappa shape index (κ1) is 17.1. The fraction of sp³-hybridized carbons (Fsp3) is 0. The SMILES string of the molecule is c1ccc2c(c1)c1ccc3cc4c5cc6c2cccc6c2cccc(c6cccc(c3c1)c64)c25. The molecule has 0 nitrogen and oxygen atoms in total. The lowest BCUT2D eigenvalue weighted by atomic mass is 9.85. The minimum Gasteiger partial charge on any atom is -0.0616 e. The average Bonchev–Trinajstić information content (AvgIpc) is 2.90. The van der Waals surface area contributed by atoms with Crippen molar-refractivity contribution in [3.8, 4) is 0 Å². The van der Waals surface area contributed by atoms with E-state index in [9.17, 15) is 0 Å². The molecule has 34 heavy (non-hydrogen) atoms. The van der Waals surface area contributed by atoms with Crippen molar-refractivity contribution in [3.05, 3.63) is 109 Å². The maximum absolute atomic E-state index is 2.47. The van der Waals surface area contributed by atoms with Crippen LogP contribution >= 0.6 is 0 Å².